The van der Waals surface area contributed by atoms with Crippen LogP contribution >= 0.6 is 37.9 Å². The topological polar surface area (TPSA) is 64.8 Å². The van der Waals surface area contributed by atoms with E-state index >= 15 is 0 Å². The van der Waals surface area contributed by atoms with E-state index in [9.17, 15) is 8.42 Å². The summed E-state index contributed by atoms with van der Waals surface area (Å²) < 4.78 is 25.8. The van der Waals surface area contributed by atoms with Crippen LogP contribution in [0.3, 0.4) is 0 Å². The summed E-state index contributed by atoms with van der Waals surface area (Å²) in [6, 6.07) is 12.7. The van der Waals surface area contributed by atoms with Gasteiger partial charge in [0.25, 0.3) is 14.2 Å². The number of thiophene rings is 1. The summed E-state index contributed by atoms with van der Waals surface area (Å²) in [6.45, 7) is 0. The van der Waals surface area contributed by atoms with E-state index < -0.39 is 9.05 Å². The highest BCUT2D eigenvalue weighted by Gasteiger charge is 2.25. The zero-order valence-electron chi connectivity index (χ0n) is 10.3. The van der Waals surface area contributed by atoms with Gasteiger partial charge in [0.05, 0.1) is 8.66 Å². The molecule has 0 bridgehead atoms. The highest BCUT2D eigenvalue weighted by atomic mass is 79.9. The maximum atomic E-state index is 11.7. The Kier molecular flexibility index (Phi) is 3.87. The van der Waals surface area contributed by atoms with E-state index in [4.69, 9.17) is 10.7 Å². The second-order valence-corrected chi connectivity index (χ2v) is 8.94. The molecule has 9 heteroatoms. The first kappa shape index (κ1) is 14.7. The van der Waals surface area contributed by atoms with Crippen LogP contribution in [0.25, 0.3) is 16.4 Å². The third-order valence-corrected chi connectivity index (χ3v) is 5.39. The summed E-state index contributed by atoms with van der Waals surface area (Å²) in [5.74, 6) is 0.427. The molecule has 0 N–H and O–H groups in total. The van der Waals surface area contributed by atoms with Crippen LogP contribution in [0.5, 0.6) is 0 Å². The van der Waals surface area contributed by atoms with Gasteiger partial charge in [0.1, 0.15) is 0 Å². The smallest absolute Gasteiger partial charge is 0.264 e. The Labute approximate surface area is 137 Å². The largest absolute Gasteiger partial charge is 0.297 e. The molecule has 0 spiro atoms. The van der Waals surface area contributed by atoms with Crippen molar-refractivity contribution in [2.24, 2.45) is 0 Å². The second-order valence-electron chi connectivity index (χ2n) is 4.02. The van der Waals surface area contributed by atoms with E-state index in [2.05, 4.69) is 26.1 Å². The van der Waals surface area contributed by atoms with E-state index in [0.717, 1.165) is 8.66 Å². The first-order valence-electron chi connectivity index (χ1n) is 5.68. The van der Waals surface area contributed by atoms with E-state index in [-0.39, 0.29) is 5.16 Å². The molecule has 3 aromatic rings. The van der Waals surface area contributed by atoms with Gasteiger partial charge in [-0.15, -0.1) is 21.5 Å². The molecule has 0 amide bonds. The van der Waals surface area contributed by atoms with Crippen LogP contribution in [0, 0.1) is 0 Å². The van der Waals surface area contributed by atoms with Crippen molar-refractivity contribution in [1.82, 2.24) is 14.8 Å². The Morgan fingerprint density at radius 1 is 1.10 bits per heavy atom. The van der Waals surface area contributed by atoms with Crippen molar-refractivity contribution < 1.29 is 8.42 Å². The molecule has 2 aromatic heterocycles. The fourth-order valence-corrected chi connectivity index (χ4v) is 4.04. The number of halogens is 2. The summed E-state index contributed by atoms with van der Waals surface area (Å²) in [5.41, 5.74) is 0.626. The molecule has 0 saturated heterocycles. The second kappa shape index (κ2) is 5.53. The lowest BCUT2D eigenvalue weighted by Gasteiger charge is -2.07. The Morgan fingerprint density at radius 3 is 2.38 bits per heavy atom. The van der Waals surface area contributed by atoms with Crippen molar-refractivity contribution in [3.8, 4) is 16.4 Å². The number of rotatable bonds is 3. The van der Waals surface area contributed by atoms with Crippen molar-refractivity contribution >= 4 is 47.0 Å². The predicted molar refractivity (Wildman–Crippen MR) is 85.4 cm³/mol. The van der Waals surface area contributed by atoms with Crippen molar-refractivity contribution in [3.05, 3.63) is 46.3 Å². The molecule has 0 aliphatic rings. The normalized spacial score (nSPS) is 11.7. The monoisotopic (exact) mass is 403 g/mol. The summed E-state index contributed by atoms with van der Waals surface area (Å²) >= 11 is 4.80. The molecule has 0 radical (unpaired) electrons. The zero-order valence-corrected chi connectivity index (χ0v) is 14.2. The first-order chi connectivity index (χ1) is 9.97. The number of nitrogens with zero attached hydrogens (tertiary/aromatic N) is 3. The predicted octanol–water partition coefficient (Wildman–Crippen LogP) is 3.69. The lowest BCUT2D eigenvalue weighted by atomic mass is 10.3. The Bertz CT molecular complexity index is 890. The van der Waals surface area contributed by atoms with Gasteiger partial charge >= 0.3 is 0 Å². The van der Waals surface area contributed by atoms with Crippen molar-refractivity contribution in [3.63, 3.8) is 0 Å². The Hall–Kier alpha value is -1.22. The van der Waals surface area contributed by atoms with Crippen molar-refractivity contribution in [1.29, 1.82) is 0 Å². The molecule has 3 rings (SSSR count). The van der Waals surface area contributed by atoms with Gasteiger partial charge in [-0.25, -0.2) is 8.42 Å². The molecule has 0 aliphatic carbocycles. The molecule has 2 heterocycles. The summed E-state index contributed by atoms with van der Waals surface area (Å²) in [6.07, 6.45) is 0. The SMILES string of the molecule is O=S(=O)(Cl)c1nnc(-c2ccc(Br)s2)n1-c1ccccc1. The molecular formula is C12H7BrClN3O2S2. The maximum Gasteiger partial charge on any atom is 0.297 e. The van der Waals surface area contributed by atoms with Gasteiger partial charge in [0, 0.05) is 16.4 Å². The average Bonchev–Trinajstić information content (AvgIpc) is 3.04. The van der Waals surface area contributed by atoms with Crippen LogP contribution in [0.2, 0.25) is 0 Å². The number of para-hydroxylation sites is 1. The van der Waals surface area contributed by atoms with Gasteiger partial charge in [-0.3, -0.25) is 4.57 Å². The molecule has 0 saturated carbocycles. The average molecular weight is 405 g/mol. The third-order valence-electron chi connectivity index (χ3n) is 2.66. The van der Waals surface area contributed by atoms with Gasteiger partial charge < -0.3 is 0 Å². The molecule has 21 heavy (non-hydrogen) atoms. The van der Waals surface area contributed by atoms with Crippen molar-refractivity contribution in [2.75, 3.05) is 0 Å². The van der Waals surface area contributed by atoms with E-state index in [0.29, 0.717) is 11.5 Å². The summed E-state index contributed by atoms with van der Waals surface area (Å²) in [4.78, 5) is 0.782. The quantitative estimate of drug-likeness (QED) is 0.625. The first-order valence-corrected chi connectivity index (χ1v) is 9.60. The lowest BCUT2D eigenvalue weighted by Crippen LogP contribution is -2.05. The molecule has 0 fully saturated rings. The van der Waals surface area contributed by atoms with Crippen molar-refractivity contribution in [2.45, 2.75) is 5.16 Å². The summed E-state index contributed by atoms with van der Waals surface area (Å²) in [7, 11) is 1.46. The molecule has 5 nitrogen and oxygen atoms in total. The van der Waals surface area contributed by atoms with Gasteiger partial charge in [-0.1, -0.05) is 18.2 Å². The zero-order chi connectivity index (χ0) is 15.0. The van der Waals surface area contributed by atoms with Gasteiger partial charge in [0.15, 0.2) is 5.82 Å². The van der Waals surface area contributed by atoms with Crippen LogP contribution in [0.4, 0.5) is 0 Å². The summed E-state index contributed by atoms with van der Waals surface area (Å²) in [5, 5.41) is 7.42. The highest BCUT2D eigenvalue weighted by molar-refractivity contribution is 9.11. The van der Waals surface area contributed by atoms with Gasteiger partial charge in [0.2, 0.25) is 0 Å². The number of hydrogen-bond acceptors (Lipinski definition) is 5. The molecule has 108 valence electrons. The van der Waals surface area contributed by atoms with Crippen LogP contribution < -0.4 is 0 Å². The standard InChI is InChI=1S/C12H7BrClN3O2S2/c13-10-7-6-9(20-10)11-15-16-12(21(14,18)19)17(11)8-4-2-1-3-5-8/h1-7H. The molecule has 0 unspecified atom stereocenters. The van der Waals surface area contributed by atoms with E-state index in [1.165, 1.54) is 15.9 Å². The van der Waals surface area contributed by atoms with E-state index in [1.54, 1.807) is 24.3 Å². The minimum absolute atomic E-state index is 0.296. The Morgan fingerprint density at radius 2 is 1.81 bits per heavy atom. The molecule has 0 atom stereocenters. The van der Waals surface area contributed by atoms with Crippen LogP contribution in [-0.2, 0) is 9.05 Å². The van der Waals surface area contributed by atoms with Gasteiger partial charge in [-0.05, 0) is 40.2 Å². The third kappa shape index (κ3) is 2.89. The fourth-order valence-electron chi connectivity index (χ4n) is 1.83. The van der Waals surface area contributed by atoms with Crippen LogP contribution in [-0.4, -0.2) is 23.2 Å². The number of hydrogen-bond donors (Lipinski definition) is 0. The molecule has 1 aromatic carbocycles. The lowest BCUT2D eigenvalue weighted by molar-refractivity contribution is 0.597. The molecular weight excluding hydrogens is 398 g/mol. The minimum atomic E-state index is -4.01. The number of benzene rings is 1. The van der Waals surface area contributed by atoms with Crippen LogP contribution in [0.1, 0.15) is 0 Å². The maximum absolute atomic E-state index is 11.7. The number of aromatic nitrogens is 3. The Balaban J connectivity index is 2.30. The van der Waals surface area contributed by atoms with Crippen LogP contribution in [0.15, 0.2) is 51.4 Å². The fraction of sp³-hybridized carbons (Fsp3) is 0. The van der Waals surface area contributed by atoms with E-state index in [1.807, 2.05) is 18.2 Å². The minimum Gasteiger partial charge on any atom is -0.264 e. The highest BCUT2D eigenvalue weighted by Crippen LogP contribution is 2.33. The van der Waals surface area contributed by atoms with Gasteiger partial charge in [-0.2, -0.15) is 0 Å². The molecule has 0 aliphatic heterocycles.